The van der Waals surface area contributed by atoms with Crippen molar-refractivity contribution in [2.45, 2.75) is 12.8 Å². The van der Waals surface area contributed by atoms with Crippen molar-refractivity contribution in [2.24, 2.45) is 11.7 Å². The summed E-state index contributed by atoms with van der Waals surface area (Å²) in [7, 11) is 0. The molecule has 0 spiro atoms. The molecule has 3 N–H and O–H groups in total. The molecule has 0 radical (unpaired) electrons. The van der Waals surface area contributed by atoms with Crippen molar-refractivity contribution in [1.82, 2.24) is 0 Å². The molecule has 1 amide bonds. The molecule has 0 aliphatic carbocycles. The number of halogens is 1. The Morgan fingerprint density at radius 1 is 1.67 bits per heavy atom. The Hall–Kier alpha value is -1.58. The Bertz CT molecular complexity index is 406. The van der Waals surface area contributed by atoms with Gasteiger partial charge in [0.2, 0.25) is 5.91 Å². The number of benzene rings is 1. The lowest BCUT2D eigenvalue weighted by atomic mass is 9.88. The maximum Gasteiger partial charge on any atom is 0.220 e. The first-order valence-corrected chi connectivity index (χ1v) is 4.92. The largest absolute Gasteiger partial charge is 0.384 e. The first kappa shape index (κ1) is 9.96. The number of carbonyl (C=O) groups excluding carboxylic acids is 1. The molecule has 0 aromatic heterocycles. The third kappa shape index (κ3) is 1.67. The fraction of sp³-hybridized carbons (Fsp3) is 0.364. The van der Waals surface area contributed by atoms with E-state index < -0.39 is 0 Å². The van der Waals surface area contributed by atoms with Gasteiger partial charge in [-0.05, 0) is 23.8 Å². The number of hydrogen-bond donors (Lipinski definition) is 2. The molecular weight excluding hydrogens is 195 g/mol. The lowest BCUT2D eigenvalue weighted by Crippen LogP contribution is -2.27. The lowest BCUT2D eigenvalue weighted by molar-refractivity contribution is -0.121. The van der Waals surface area contributed by atoms with Gasteiger partial charge in [-0.2, -0.15) is 0 Å². The van der Waals surface area contributed by atoms with E-state index in [1.807, 2.05) is 0 Å². The third-order valence-corrected chi connectivity index (χ3v) is 2.98. The third-order valence-electron chi connectivity index (χ3n) is 2.98. The van der Waals surface area contributed by atoms with E-state index in [4.69, 9.17) is 5.73 Å². The second-order valence-corrected chi connectivity index (χ2v) is 3.91. The van der Waals surface area contributed by atoms with Crippen molar-refractivity contribution in [2.75, 3.05) is 11.9 Å². The molecule has 80 valence electrons. The van der Waals surface area contributed by atoms with Crippen LogP contribution in [0.2, 0.25) is 0 Å². The average Bonchev–Trinajstić information content (AvgIpc) is 2.59. The molecule has 2 atom stereocenters. The highest BCUT2D eigenvalue weighted by Crippen LogP contribution is 2.36. The molecule has 1 aromatic carbocycles. The number of amides is 1. The van der Waals surface area contributed by atoms with Crippen LogP contribution < -0.4 is 11.1 Å². The monoisotopic (exact) mass is 208 g/mol. The number of fused-ring (bicyclic) bond motifs is 1. The number of rotatable bonds is 2. The minimum Gasteiger partial charge on any atom is -0.384 e. The second kappa shape index (κ2) is 3.53. The van der Waals surface area contributed by atoms with Crippen LogP contribution in [0.1, 0.15) is 18.4 Å². The predicted molar refractivity (Wildman–Crippen MR) is 56.0 cm³/mol. The van der Waals surface area contributed by atoms with Gasteiger partial charge in [-0.1, -0.05) is 6.92 Å². The van der Waals surface area contributed by atoms with Gasteiger partial charge >= 0.3 is 0 Å². The van der Waals surface area contributed by atoms with Crippen LogP contribution in [-0.2, 0) is 4.79 Å². The summed E-state index contributed by atoms with van der Waals surface area (Å²) in [6, 6.07) is 4.57. The van der Waals surface area contributed by atoms with E-state index in [0.29, 0.717) is 6.54 Å². The summed E-state index contributed by atoms with van der Waals surface area (Å²) in [5, 5.41) is 3.14. The van der Waals surface area contributed by atoms with E-state index in [1.165, 1.54) is 12.1 Å². The number of nitrogens with one attached hydrogen (secondary N) is 1. The summed E-state index contributed by atoms with van der Waals surface area (Å²) >= 11 is 0. The molecule has 4 heteroatoms. The van der Waals surface area contributed by atoms with Crippen LogP contribution in [0.25, 0.3) is 0 Å². The fourth-order valence-corrected chi connectivity index (χ4v) is 1.98. The Kier molecular flexibility index (Phi) is 2.34. The smallest absolute Gasteiger partial charge is 0.220 e. The van der Waals surface area contributed by atoms with Crippen molar-refractivity contribution in [3.63, 3.8) is 0 Å². The van der Waals surface area contributed by atoms with Crippen molar-refractivity contribution < 1.29 is 9.18 Å². The molecule has 2 unspecified atom stereocenters. The summed E-state index contributed by atoms with van der Waals surface area (Å²) in [6.45, 7) is 2.41. The van der Waals surface area contributed by atoms with Crippen LogP contribution in [0.5, 0.6) is 0 Å². The van der Waals surface area contributed by atoms with E-state index >= 15 is 0 Å². The lowest BCUT2D eigenvalue weighted by Gasteiger charge is -2.15. The molecule has 0 saturated carbocycles. The Morgan fingerprint density at radius 3 is 3.07 bits per heavy atom. The molecule has 1 aromatic rings. The number of anilines is 1. The highest BCUT2D eigenvalue weighted by Gasteiger charge is 2.30. The molecule has 0 bridgehead atoms. The van der Waals surface area contributed by atoms with Crippen LogP contribution in [0.15, 0.2) is 18.2 Å². The van der Waals surface area contributed by atoms with E-state index in [1.54, 1.807) is 13.0 Å². The quantitative estimate of drug-likeness (QED) is 0.773. The van der Waals surface area contributed by atoms with E-state index in [-0.39, 0.29) is 23.6 Å². The normalized spacial score (nSPS) is 20.5. The van der Waals surface area contributed by atoms with Gasteiger partial charge in [0.15, 0.2) is 0 Å². The van der Waals surface area contributed by atoms with Gasteiger partial charge in [0, 0.05) is 24.1 Å². The molecular formula is C11H13FN2O. The molecule has 1 aliphatic heterocycles. The van der Waals surface area contributed by atoms with Gasteiger partial charge in [-0.25, -0.2) is 4.39 Å². The van der Waals surface area contributed by atoms with Gasteiger partial charge in [0.05, 0.1) is 0 Å². The minimum absolute atomic E-state index is 0.0202. The van der Waals surface area contributed by atoms with Gasteiger partial charge in [0.1, 0.15) is 5.82 Å². The van der Waals surface area contributed by atoms with Crippen molar-refractivity contribution in [3.05, 3.63) is 29.6 Å². The zero-order valence-electron chi connectivity index (χ0n) is 8.46. The molecule has 1 heterocycles. The molecule has 1 aliphatic rings. The zero-order chi connectivity index (χ0) is 11.0. The van der Waals surface area contributed by atoms with E-state index in [9.17, 15) is 9.18 Å². The van der Waals surface area contributed by atoms with E-state index in [0.717, 1.165) is 11.3 Å². The SMILES string of the molecule is CC(C(N)=O)C1CNc2ccc(F)cc21. The summed E-state index contributed by atoms with van der Waals surface area (Å²) in [6.07, 6.45) is 0. The number of nitrogens with two attached hydrogens (primary N) is 1. The van der Waals surface area contributed by atoms with Gasteiger partial charge < -0.3 is 11.1 Å². The predicted octanol–water partition coefficient (Wildman–Crippen LogP) is 1.46. The van der Waals surface area contributed by atoms with Crippen LogP contribution in [-0.4, -0.2) is 12.5 Å². The summed E-state index contributed by atoms with van der Waals surface area (Å²) < 4.78 is 13.1. The molecule has 3 nitrogen and oxygen atoms in total. The maximum atomic E-state index is 13.1. The first-order chi connectivity index (χ1) is 7.09. The summed E-state index contributed by atoms with van der Waals surface area (Å²) in [4.78, 5) is 11.1. The van der Waals surface area contributed by atoms with Crippen LogP contribution in [0.3, 0.4) is 0 Å². The number of hydrogen-bond acceptors (Lipinski definition) is 2. The van der Waals surface area contributed by atoms with Gasteiger partial charge in [-0.15, -0.1) is 0 Å². The molecule has 2 rings (SSSR count). The fourth-order valence-electron chi connectivity index (χ4n) is 1.98. The number of primary amides is 1. The molecule has 0 saturated heterocycles. The Labute approximate surface area is 87.5 Å². The standard InChI is InChI=1S/C11H13FN2O/c1-6(11(13)15)9-5-14-10-3-2-7(12)4-8(9)10/h2-4,6,9,14H,5H2,1H3,(H2,13,15). The van der Waals surface area contributed by atoms with Crippen LogP contribution in [0, 0.1) is 11.7 Å². The summed E-state index contributed by atoms with van der Waals surface area (Å²) in [5.74, 6) is -0.924. The zero-order valence-corrected chi connectivity index (χ0v) is 8.46. The average molecular weight is 208 g/mol. The second-order valence-electron chi connectivity index (χ2n) is 3.91. The number of carbonyl (C=O) groups is 1. The van der Waals surface area contributed by atoms with Gasteiger partial charge in [-0.3, -0.25) is 4.79 Å². The van der Waals surface area contributed by atoms with Crippen molar-refractivity contribution >= 4 is 11.6 Å². The minimum atomic E-state index is -0.348. The summed E-state index contributed by atoms with van der Waals surface area (Å²) in [5.41, 5.74) is 7.00. The molecule has 15 heavy (non-hydrogen) atoms. The van der Waals surface area contributed by atoms with Crippen LogP contribution in [0.4, 0.5) is 10.1 Å². The van der Waals surface area contributed by atoms with Crippen LogP contribution >= 0.6 is 0 Å². The molecule has 0 fully saturated rings. The van der Waals surface area contributed by atoms with Gasteiger partial charge in [0.25, 0.3) is 0 Å². The van der Waals surface area contributed by atoms with E-state index in [2.05, 4.69) is 5.32 Å². The van der Waals surface area contributed by atoms with Crippen molar-refractivity contribution in [1.29, 1.82) is 0 Å². The Morgan fingerprint density at radius 2 is 2.40 bits per heavy atom. The van der Waals surface area contributed by atoms with Crippen molar-refractivity contribution in [3.8, 4) is 0 Å². The topological polar surface area (TPSA) is 55.1 Å². The highest BCUT2D eigenvalue weighted by atomic mass is 19.1. The maximum absolute atomic E-state index is 13.1. The highest BCUT2D eigenvalue weighted by molar-refractivity contribution is 5.78. The Balaban J connectivity index is 2.35. The first-order valence-electron chi connectivity index (χ1n) is 4.92.